The number of nitrogens with zero attached hydrogens (tertiary/aromatic N) is 3. The average molecular weight is 450 g/mol. The van der Waals surface area contributed by atoms with Gasteiger partial charge in [-0.2, -0.15) is 9.97 Å². The SMILES string of the molecule is Clc1nc(-c2cccc3c4c(oc23)C=CCC4)nc(-c2cccc3c2oc2ccccc23)n1. The van der Waals surface area contributed by atoms with Gasteiger partial charge in [0.1, 0.15) is 22.5 Å². The molecule has 3 aromatic heterocycles. The summed E-state index contributed by atoms with van der Waals surface area (Å²) in [6, 6.07) is 20.0. The minimum atomic E-state index is 0.122. The second-order valence-electron chi connectivity index (χ2n) is 8.10. The Morgan fingerprint density at radius 2 is 1.39 bits per heavy atom. The number of allylic oxidation sites excluding steroid dienone is 1. The van der Waals surface area contributed by atoms with Crippen LogP contribution in [-0.4, -0.2) is 15.0 Å². The molecule has 0 radical (unpaired) electrons. The van der Waals surface area contributed by atoms with Crippen molar-refractivity contribution in [2.45, 2.75) is 12.8 Å². The molecule has 0 bridgehead atoms. The summed E-state index contributed by atoms with van der Waals surface area (Å²) in [5.41, 5.74) is 5.09. The standard InChI is InChI=1S/C27H16ClN3O2/c28-27-30-25(19-11-5-9-17-15-7-1-3-13-21(15)32-23(17)19)29-26(31-27)20-12-6-10-18-16-8-2-4-14-22(16)33-24(18)20/h1,3-7,9-14H,2,8H2. The molecule has 0 spiro atoms. The maximum Gasteiger partial charge on any atom is 0.226 e. The molecule has 158 valence electrons. The molecule has 0 fully saturated rings. The van der Waals surface area contributed by atoms with E-state index in [9.17, 15) is 0 Å². The monoisotopic (exact) mass is 449 g/mol. The van der Waals surface area contributed by atoms with Gasteiger partial charge in [-0.3, -0.25) is 0 Å². The molecule has 0 saturated carbocycles. The third-order valence-electron chi connectivity index (χ3n) is 6.17. The zero-order valence-corrected chi connectivity index (χ0v) is 18.1. The molecule has 0 saturated heterocycles. The Morgan fingerprint density at radius 1 is 0.697 bits per heavy atom. The van der Waals surface area contributed by atoms with Crippen molar-refractivity contribution in [3.8, 4) is 22.8 Å². The van der Waals surface area contributed by atoms with Crippen molar-refractivity contribution in [3.63, 3.8) is 0 Å². The highest BCUT2D eigenvalue weighted by Crippen LogP contribution is 2.38. The molecule has 1 aliphatic carbocycles. The van der Waals surface area contributed by atoms with E-state index < -0.39 is 0 Å². The molecule has 1 aliphatic rings. The number of aromatic nitrogens is 3. The largest absolute Gasteiger partial charge is 0.456 e. The maximum absolute atomic E-state index is 6.40. The highest BCUT2D eigenvalue weighted by atomic mass is 35.5. The zero-order valence-electron chi connectivity index (χ0n) is 17.4. The minimum absolute atomic E-state index is 0.122. The van der Waals surface area contributed by atoms with E-state index in [0.29, 0.717) is 11.6 Å². The van der Waals surface area contributed by atoms with Gasteiger partial charge in [0, 0.05) is 21.7 Å². The first-order valence-electron chi connectivity index (χ1n) is 10.8. The molecule has 0 atom stereocenters. The van der Waals surface area contributed by atoms with Crippen LogP contribution < -0.4 is 0 Å². The summed E-state index contributed by atoms with van der Waals surface area (Å²) < 4.78 is 12.4. The fraction of sp³-hybridized carbons (Fsp3) is 0.0741. The first kappa shape index (κ1) is 18.6. The van der Waals surface area contributed by atoms with Gasteiger partial charge in [0.25, 0.3) is 0 Å². The lowest BCUT2D eigenvalue weighted by atomic mass is 10.00. The van der Waals surface area contributed by atoms with Crippen LogP contribution in [0.3, 0.4) is 0 Å². The van der Waals surface area contributed by atoms with Gasteiger partial charge in [0.15, 0.2) is 11.6 Å². The second kappa shape index (κ2) is 7.02. The number of para-hydroxylation sites is 3. The van der Waals surface area contributed by atoms with E-state index in [4.69, 9.17) is 25.4 Å². The van der Waals surface area contributed by atoms with Gasteiger partial charge < -0.3 is 8.83 Å². The number of rotatable bonds is 2. The topological polar surface area (TPSA) is 65.0 Å². The number of fused-ring (bicyclic) bond motifs is 6. The molecule has 6 heteroatoms. The van der Waals surface area contributed by atoms with Gasteiger partial charge in [0.05, 0.1) is 11.1 Å². The molecule has 33 heavy (non-hydrogen) atoms. The molecule has 5 nitrogen and oxygen atoms in total. The Balaban J connectivity index is 1.46. The van der Waals surface area contributed by atoms with Crippen molar-refractivity contribution in [1.29, 1.82) is 0 Å². The van der Waals surface area contributed by atoms with Crippen LogP contribution in [0.15, 0.2) is 75.6 Å². The van der Waals surface area contributed by atoms with Crippen molar-refractivity contribution in [1.82, 2.24) is 15.0 Å². The smallest absolute Gasteiger partial charge is 0.226 e. The number of furan rings is 2. The Morgan fingerprint density at radius 3 is 2.21 bits per heavy atom. The number of aryl methyl sites for hydroxylation is 1. The number of hydrogen-bond acceptors (Lipinski definition) is 5. The summed E-state index contributed by atoms with van der Waals surface area (Å²) in [6.07, 6.45) is 6.14. The Bertz CT molecular complexity index is 1750. The van der Waals surface area contributed by atoms with Crippen LogP contribution >= 0.6 is 11.6 Å². The lowest BCUT2D eigenvalue weighted by Gasteiger charge is -2.06. The first-order valence-corrected chi connectivity index (χ1v) is 11.2. The van der Waals surface area contributed by atoms with E-state index >= 15 is 0 Å². The van der Waals surface area contributed by atoms with E-state index in [1.807, 2.05) is 60.7 Å². The molecule has 7 rings (SSSR count). The van der Waals surface area contributed by atoms with Crippen molar-refractivity contribution in [2.75, 3.05) is 0 Å². The van der Waals surface area contributed by atoms with E-state index in [0.717, 1.165) is 62.6 Å². The molecular weight excluding hydrogens is 434 g/mol. The third-order valence-corrected chi connectivity index (χ3v) is 6.34. The van der Waals surface area contributed by atoms with E-state index in [2.05, 4.69) is 22.1 Å². The summed E-state index contributed by atoms with van der Waals surface area (Å²) in [6.45, 7) is 0. The minimum Gasteiger partial charge on any atom is -0.456 e. The quantitative estimate of drug-likeness (QED) is 0.274. The van der Waals surface area contributed by atoms with Crippen molar-refractivity contribution in [3.05, 3.63) is 83.3 Å². The molecule has 0 N–H and O–H groups in total. The average Bonchev–Trinajstić information content (AvgIpc) is 3.42. The predicted molar refractivity (Wildman–Crippen MR) is 130 cm³/mol. The molecule has 3 heterocycles. The Hall–Kier alpha value is -3.96. The third kappa shape index (κ3) is 2.82. The molecule has 0 unspecified atom stereocenters. The van der Waals surface area contributed by atoms with Gasteiger partial charge in [-0.1, -0.05) is 48.5 Å². The van der Waals surface area contributed by atoms with E-state index in [-0.39, 0.29) is 5.28 Å². The summed E-state index contributed by atoms with van der Waals surface area (Å²) >= 11 is 6.40. The van der Waals surface area contributed by atoms with Crippen molar-refractivity contribution < 1.29 is 8.83 Å². The maximum atomic E-state index is 6.40. The fourth-order valence-corrected chi connectivity index (χ4v) is 4.85. The van der Waals surface area contributed by atoms with Crippen LogP contribution in [-0.2, 0) is 6.42 Å². The Kier molecular flexibility index (Phi) is 3.96. The summed E-state index contributed by atoms with van der Waals surface area (Å²) in [5, 5.41) is 3.27. The highest BCUT2D eigenvalue weighted by Gasteiger charge is 2.21. The summed E-state index contributed by atoms with van der Waals surface area (Å²) in [5.74, 6) is 1.83. The van der Waals surface area contributed by atoms with Gasteiger partial charge in [-0.05, 0) is 48.7 Å². The van der Waals surface area contributed by atoms with E-state index in [1.54, 1.807) is 0 Å². The van der Waals surface area contributed by atoms with Gasteiger partial charge in [0.2, 0.25) is 5.28 Å². The zero-order chi connectivity index (χ0) is 21.9. The van der Waals surface area contributed by atoms with Crippen LogP contribution in [0.4, 0.5) is 0 Å². The molecule has 0 aliphatic heterocycles. The number of benzene rings is 3. The van der Waals surface area contributed by atoms with Crippen LogP contribution in [0.5, 0.6) is 0 Å². The number of halogens is 1. The summed E-state index contributed by atoms with van der Waals surface area (Å²) in [7, 11) is 0. The molecule has 6 aromatic rings. The van der Waals surface area contributed by atoms with Gasteiger partial charge >= 0.3 is 0 Å². The first-order chi connectivity index (χ1) is 16.3. The van der Waals surface area contributed by atoms with E-state index in [1.165, 1.54) is 5.56 Å². The molecule has 0 amide bonds. The van der Waals surface area contributed by atoms with Crippen molar-refractivity contribution >= 4 is 50.6 Å². The summed E-state index contributed by atoms with van der Waals surface area (Å²) in [4.78, 5) is 13.7. The molecule has 3 aromatic carbocycles. The van der Waals surface area contributed by atoms with Crippen LogP contribution in [0.2, 0.25) is 5.28 Å². The van der Waals surface area contributed by atoms with Crippen LogP contribution in [0, 0.1) is 0 Å². The lowest BCUT2D eigenvalue weighted by molar-refractivity contribution is 0.596. The predicted octanol–water partition coefficient (Wildman–Crippen LogP) is 7.46. The van der Waals surface area contributed by atoms with Gasteiger partial charge in [-0.15, -0.1) is 0 Å². The van der Waals surface area contributed by atoms with Crippen molar-refractivity contribution in [2.24, 2.45) is 0 Å². The van der Waals surface area contributed by atoms with Gasteiger partial charge in [-0.25, -0.2) is 4.98 Å². The molecular formula is C27H16ClN3O2. The number of hydrogen-bond donors (Lipinski definition) is 0. The Labute approximate surface area is 193 Å². The fourth-order valence-electron chi connectivity index (χ4n) is 4.69. The van der Waals surface area contributed by atoms with Crippen LogP contribution in [0.25, 0.3) is 61.8 Å². The highest BCUT2D eigenvalue weighted by molar-refractivity contribution is 6.28. The lowest BCUT2D eigenvalue weighted by Crippen LogP contribution is -1.97. The second-order valence-corrected chi connectivity index (χ2v) is 8.44. The normalized spacial score (nSPS) is 13.2. The van der Waals surface area contributed by atoms with Crippen LogP contribution in [0.1, 0.15) is 17.7 Å².